The zero-order chi connectivity index (χ0) is 21.0. The Labute approximate surface area is 173 Å². The van der Waals surface area contributed by atoms with E-state index >= 15 is 0 Å². The first kappa shape index (κ1) is 21.1. The molecule has 5 nitrogen and oxygen atoms in total. The summed E-state index contributed by atoms with van der Waals surface area (Å²) in [6, 6.07) is 14.0. The molecular weight excluding hydrogens is 362 g/mol. The first-order chi connectivity index (χ1) is 13.9. The fourth-order valence-corrected chi connectivity index (χ4v) is 3.67. The van der Waals surface area contributed by atoms with Crippen molar-refractivity contribution in [2.24, 2.45) is 5.92 Å². The lowest BCUT2D eigenvalue weighted by molar-refractivity contribution is -0.119. The molecule has 3 rings (SSSR count). The molecule has 0 unspecified atom stereocenters. The third kappa shape index (κ3) is 4.67. The number of anilines is 3. The largest absolute Gasteiger partial charge is 0.326 e. The molecule has 0 bridgehead atoms. The molecule has 0 radical (unpaired) electrons. The molecule has 29 heavy (non-hydrogen) atoms. The lowest BCUT2D eigenvalue weighted by Gasteiger charge is -2.28. The number of carbonyl (C=O) groups excluding carboxylic acids is 2. The normalized spacial score (nSPS) is 13.1. The van der Waals surface area contributed by atoms with E-state index < -0.39 is 0 Å². The minimum Gasteiger partial charge on any atom is -0.326 e. The van der Waals surface area contributed by atoms with Gasteiger partial charge in [-0.05, 0) is 55.3 Å². The van der Waals surface area contributed by atoms with Crippen molar-refractivity contribution in [1.82, 2.24) is 4.90 Å². The van der Waals surface area contributed by atoms with Gasteiger partial charge in [-0.2, -0.15) is 0 Å². The van der Waals surface area contributed by atoms with Crippen LogP contribution in [0.4, 0.5) is 17.1 Å². The number of fused-ring (bicyclic) bond motifs is 2. The minimum atomic E-state index is -0.102. The summed E-state index contributed by atoms with van der Waals surface area (Å²) in [4.78, 5) is 29.6. The predicted molar refractivity (Wildman–Crippen MR) is 119 cm³/mol. The van der Waals surface area contributed by atoms with Crippen molar-refractivity contribution in [3.63, 3.8) is 0 Å². The smallest absolute Gasteiger partial charge is 0.245 e. The molecule has 2 amide bonds. The Kier molecular flexibility index (Phi) is 6.70. The molecule has 1 N–H and O–H groups in total. The van der Waals surface area contributed by atoms with Crippen molar-refractivity contribution in [1.29, 1.82) is 0 Å². The van der Waals surface area contributed by atoms with Crippen LogP contribution in [-0.4, -0.2) is 36.3 Å². The van der Waals surface area contributed by atoms with Gasteiger partial charge in [0.15, 0.2) is 0 Å². The third-order valence-corrected chi connectivity index (χ3v) is 5.52. The standard InChI is InChI=1S/C24H31N3O2/c1-5-26(6-2)16-23(28)27-21-10-8-7-9-18(21)11-12-19-13-14-20(15-22(19)27)25-24(29)17(3)4/h7-10,13-15,17H,5-6,11-12,16H2,1-4H3,(H,25,29). The monoisotopic (exact) mass is 393 g/mol. The highest BCUT2D eigenvalue weighted by Crippen LogP contribution is 2.37. The highest BCUT2D eigenvalue weighted by molar-refractivity contribution is 6.04. The molecule has 0 aromatic heterocycles. The summed E-state index contributed by atoms with van der Waals surface area (Å²) in [5, 5.41) is 2.97. The number of nitrogens with one attached hydrogen (secondary N) is 1. The molecule has 0 atom stereocenters. The summed E-state index contributed by atoms with van der Waals surface area (Å²) < 4.78 is 0. The van der Waals surface area contributed by atoms with Gasteiger partial charge in [0.05, 0.1) is 17.9 Å². The van der Waals surface area contributed by atoms with Crippen LogP contribution >= 0.6 is 0 Å². The van der Waals surface area contributed by atoms with E-state index in [2.05, 4.69) is 30.1 Å². The Morgan fingerprint density at radius 2 is 1.66 bits per heavy atom. The zero-order valence-corrected chi connectivity index (χ0v) is 17.9. The molecular formula is C24H31N3O2. The van der Waals surface area contributed by atoms with Gasteiger partial charge >= 0.3 is 0 Å². The van der Waals surface area contributed by atoms with Gasteiger partial charge in [0.2, 0.25) is 11.8 Å². The predicted octanol–water partition coefficient (Wildman–Crippen LogP) is 4.39. The van der Waals surface area contributed by atoms with Crippen LogP contribution in [0.1, 0.15) is 38.8 Å². The van der Waals surface area contributed by atoms with Crippen molar-refractivity contribution in [2.75, 3.05) is 29.9 Å². The summed E-state index contributed by atoms with van der Waals surface area (Å²) in [5.41, 5.74) is 4.83. The van der Waals surface area contributed by atoms with Gasteiger partial charge in [-0.25, -0.2) is 0 Å². The van der Waals surface area contributed by atoms with E-state index in [-0.39, 0.29) is 17.7 Å². The van der Waals surface area contributed by atoms with Gasteiger partial charge in [-0.1, -0.05) is 52.0 Å². The number of benzene rings is 2. The fourth-order valence-electron chi connectivity index (χ4n) is 3.67. The van der Waals surface area contributed by atoms with Crippen LogP contribution in [0.2, 0.25) is 0 Å². The van der Waals surface area contributed by atoms with Crippen LogP contribution < -0.4 is 10.2 Å². The Hall–Kier alpha value is -2.66. The van der Waals surface area contributed by atoms with Crippen molar-refractivity contribution >= 4 is 28.9 Å². The van der Waals surface area contributed by atoms with Crippen LogP contribution in [-0.2, 0) is 22.4 Å². The number of para-hydroxylation sites is 1. The van der Waals surface area contributed by atoms with Crippen molar-refractivity contribution in [2.45, 2.75) is 40.5 Å². The zero-order valence-electron chi connectivity index (χ0n) is 17.9. The Morgan fingerprint density at radius 1 is 1.00 bits per heavy atom. The first-order valence-corrected chi connectivity index (χ1v) is 10.5. The molecule has 0 fully saturated rings. The SMILES string of the molecule is CCN(CC)CC(=O)N1c2ccccc2CCc2ccc(NC(=O)C(C)C)cc21. The van der Waals surface area contributed by atoms with Gasteiger partial charge in [-0.3, -0.25) is 19.4 Å². The van der Waals surface area contributed by atoms with Gasteiger partial charge in [0.1, 0.15) is 0 Å². The van der Waals surface area contributed by atoms with Crippen molar-refractivity contribution in [3.05, 3.63) is 53.6 Å². The van der Waals surface area contributed by atoms with Crippen molar-refractivity contribution in [3.8, 4) is 0 Å². The summed E-state index contributed by atoms with van der Waals surface area (Å²) in [7, 11) is 0. The molecule has 1 aliphatic heterocycles. The maximum atomic E-state index is 13.4. The topological polar surface area (TPSA) is 52.7 Å². The van der Waals surface area contributed by atoms with Gasteiger partial charge in [0.25, 0.3) is 0 Å². The van der Waals surface area contributed by atoms with E-state index in [1.165, 1.54) is 5.56 Å². The lowest BCUT2D eigenvalue weighted by Crippen LogP contribution is -2.38. The number of nitrogens with zero attached hydrogens (tertiary/aromatic N) is 2. The molecule has 5 heteroatoms. The summed E-state index contributed by atoms with van der Waals surface area (Å²) in [6.07, 6.45) is 1.75. The number of likely N-dealkylation sites (N-methyl/N-ethyl adjacent to an activating group) is 1. The molecule has 2 aromatic rings. The number of hydrogen-bond acceptors (Lipinski definition) is 3. The molecule has 0 aliphatic carbocycles. The molecule has 0 spiro atoms. The first-order valence-electron chi connectivity index (χ1n) is 10.5. The highest BCUT2D eigenvalue weighted by atomic mass is 16.2. The van der Waals surface area contributed by atoms with E-state index in [1.807, 2.05) is 55.1 Å². The number of hydrogen-bond donors (Lipinski definition) is 1. The van der Waals surface area contributed by atoms with E-state index in [4.69, 9.17) is 0 Å². The summed E-state index contributed by atoms with van der Waals surface area (Å²) >= 11 is 0. The number of rotatable bonds is 6. The molecule has 1 heterocycles. The third-order valence-electron chi connectivity index (χ3n) is 5.52. The van der Waals surface area contributed by atoms with Crippen LogP contribution in [0.15, 0.2) is 42.5 Å². The number of carbonyl (C=O) groups is 2. The second kappa shape index (κ2) is 9.23. The van der Waals surface area contributed by atoms with E-state index in [0.29, 0.717) is 6.54 Å². The molecule has 2 aromatic carbocycles. The Balaban J connectivity index is 2.05. The molecule has 154 valence electrons. The van der Waals surface area contributed by atoms with Crippen LogP contribution in [0.5, 0.6) is 0 Å². The average Bonchev–Trinajstić information content (AvgIpc) is 2.88. The fraction of sp³-hybridized carbons (Fsp3) is 0.417. The number of amides is 2. The summed E-state index contributed by atoms with van der Waals surface area (Å²) in [5.74, 6) is -0.0773. The molecule has 0 saturated carbocycles. The minimum absolute atomic E-state index is 0.0278. The maximum Gasteiger partial charge on any atom is 0.245 e. The van der Waals surface area contributed by atoms with E-state index in [1.54, 1.807) is 0 Å². The van der Waals surface area contributed by atoms with E-state index in [9.17, 15) is 9.59 Å². The summed E-state index contributed by atoms with van der Waals surface area (Å²) in [6.45, 7) is 9.90. The van der Waals surface area contributed by atoms with E-state index in [0.717, 1.165) is 48.6 Å². The Bertz CT molecular complexity index is 887. The van der Waals surface area contributed by atoms with Gasteiger partial charge in [-0.15, -0.1) is 0 Å². The highest BCUT2D eigenvalue weighted by Gasteiger charge is 2.27. The lowest BCUT2D eigenvalue weighted by atomic mass is 10.0. The Morgan fingerprint density at radius 3 is 2.31 bits per heavy atom. The van der Waals surface area contributed by atoms with Gasteiger partial charge in [0, 0.05) is 11.6 Å². The maximum absolute atomic E-state index is 13.4. The second-order valence-corrected chi connectivity index (χ2v) is 7.81. The van der Waals surface area contributed by atoms with Gasteiger partial charge < -0.3 is 5.32 Å². The van der Waals surface area contributed by atoms with Crippen molar-refractivity contribution < 1.29 is 9.59 Å². The quantitative estimate of drug-likeness (QED) is 0.792. The van der Waals surface area contributed by atoms with Crippen LogP contribution in [0.25, 0.3) is 0 Å². The molecule has 0 saturated heterocycles. The van der Waals surface area contributed by atoms with Crippen LogP contribution in [0, 0.1) is 5.92 Å². The molecule has 1 aliphatic rings. The second-order valence-electron chi connectivity index (χ2n) is 7.81. The average molecular weight is 394 g/mol. The number of aryl methyl sites for hydroxylation is 2. The van der Waals surface area contributed by atoms with Crippen LogP contribution in [0.3, 0.4) is 0 Å².